The lowest BCUT2D eigenvalue weighted by Crippen LogP contribution is -2.34. The fourth-order valence-electron chi connectivity index (χ4n) is 3.51. The van der Waals surface area contributed by atoms with E-state index in [9.17, 15) is 0 Å². The number of nitrogens with zero attached hydrogens (tertiary/aromatic N) is 2. The van der Waals surface area contributed by atoms with Gasteiger partial charge in [0.2, 0.25) is 5.88 Å². The Morgan fingerprint density at radius 2 is 2.20 bits per heavy atom. The van der Waals surface area contributed by atoms with Crippen LogP contribution >= 0.6 is 0 Å². The zero-order chi connectivity index (χ0) is 17.4. The highest BCUT2D eigenvalue weighted by atomic mass is 16.5. The molecule has 1 aromatic heterocycles. The molecule has 1 atom stereocenters. The van der Waals surface area contributed by atoms with E-state index in [1.807, 2.05) is 18.3 Å². The van der Waals surface area contributed by atoms with Crippen molar-refractivity contribution in [2.45, 2.75) is 45.4 Å². The molecule has 0 spiro atoms. The third kappa shape index (κ3) is 3.34. The van der Waals surface area contributed by atoms with Crippen LogP contribution in [0.25, 0.3) is 0 Å². The van der Waals surface area contributed by atoms with Gasteiger partial charge in [-0.1, -0.05) is 13.0 Å². The number of benzene rings is 1. The molecule has 1 unspecified atom stereocenters. The van der Waals surface area contributed by atoms with Crippen LogP contribution in [0.1, 0.15) is 44.4 Å². The number of ether oxygens (including phenoxy) is 2. The van der Waals surface area contributed by atoms with Gasteiger partial charge in [-0.25, -0.2) is 4.98 Å². The smallest absolute Gasteiger partial charge is 0.219 e. The van der Waals surface area contributed by atoms with Crippen LogP contribution < -0.4 is 15.0 Å². The van der Waals surface area contributed by atoms with Crippen molar-refractivity contribution < 1.29 is 9.47 Å². The van der Waals surface area contributed by atoms with Crippen LogP contribution in [0.5, 0.6) is 11.6 Å². The highest BCUT2D eigenvalue weighted by Gasteiger charge is 2.28. The van der Waals surface area contributed by atoms with Crippen molar-refractivity contribution >= 4 is 5.69 Å². The topological polar surface area (TPSA) is 46.6 Å². The molecular formula is C20H25N3O2. The van der Waals surface area contributed by atoms with Gasteiger partial charge in [-0.2, -0.15) is 0 Å². The first-order chi connectivity index (χ1) is 12.0. The summed E-state index contributed by atoms with van der Waals surface area (Å²) >= 11 is 0. The standard InChI is InChI=1S/C20H25N3O2/c1-4-18-17-9-16(7-5-14(17)11-24-18)25-19-8-6-15(10-21-19)23-12-20(2,3)22-13-23/h5-10,18,22H,4,11-13H2,1-3H3. The summed E-state index contributed by atoms with van der Waals surface area (Å²) < 4.78 is 11.7. The van der Waals surface area contributed by atoms with Gasteiger partial charge in [-0.3, -0.25) is 5.32 Å². The van der Waals surface area contributed by atoms with Crippen molar-refractivity contribution in [1.29, 1.82) is 0 Å². The first kappa shape index (κ1) is 16.4. The number of anilines is 1. The molecule has 132 valence electrons. The summed E-state index contributed by atoms with van der Waals surface area (Å²) in [4.78, 5) is 6.76. The number of pyridine rings is 1. The van der Waals surface area contributed by atoms with Crippen LogP contribution in [0.3, 0.4) is 0 Å². The van der Waals surface area contributed by atoms with Gasteiger partial charge in [0.1, 0.15) is 5.75 Å². The van der Waals surface area contributed by atoms with Crippen molar-refractivity contribution in [2.75, 3.05) is 18.1 Å². The molecule has 0 saturated carbocycles. The summed E-state index contributed by atoms with van der Waals surface area (Å²) in [6.07, 6.45) is 3.03. The zero-order valence-corrected chi connectivity index (χ0v) is 15.1. The first-order valence-corrected chi connectivity index (χ1v) is 8.92. The SMILES string of the molecule is CCC1OCc2ccc(Oc3ccc(N4CNC(C)(C)C4)cn3)cc21. The van der Waals surface area contributed by atoms with Crippen LogP contribution in [-0.4, -0.2) is 23.7 Å². The summed E-state index contributed by atoms with van der Waals surface area (Å²) in [7, 11) is 0. The van der Waals surface area contributed by atoms with E-state index in [1.165, 1.54) is 11.1 Å². The highest BCUT2D eigenvalue weighted by molar-refractivity contribution is 5.48. The molecule has 0 aliphatic carbocycles. The Bertz CT molecular complexity index is 758. The lowest BCUT2D eigenvalue weighted by atomic mass is 10.0. The molecule has 0 bridgehead atoms. The van der Waals surface area contributed by atoms with E-state index in [4.69, 9.17) is 9.47 Å². The maximum atomic E-state index is 5.95. The molecule has 2 aliphatic rings. The minimum atomic E-state index is 0.136. The molecule has 1 fully saturated rings. The Kier molecular flexibility index (Phi) is 4.13. The van der Waals surface area contributed by atoms with Gasteiger partial charge in [0.15, 0.2) is 0 Å². The first-order valence-electron chi connectivity index (χ1n) is 8.92. The second-order valence-electron chi connectivity index (χ2n) is 7.44. The number of hydrogen-bond donors (Lipinski definition) is 1. The van der Waals surface area contributed by atoms with E-state index in [0.717, 1.165) is 31.1 Å². The average molecular weight is 339 g/mol. The highest BCUT2D eigenvalue weighted by Crippen LogP contribution is 2.36. The Morgan fingerprint density at radius 1 is 1.32 bits per heavy atom. The Labute approximate surface area is 149 Å². The maximum Gasteiger partial charge on any atom is 0.219 e. The van der Waals surface area contributed by atoms with Gasteiger partial charge in [-0.15, -0.1) is 0 Å². The van der Waals surface area contributed by atoms with Crippen LogP contribution in [0.4, 0.5) is 5.69 Å². The Balaban J connectivity index is 1.47. The summed E-state index contributed by atoms with van der Waals surface area (Å²) in [5, 5.41) is 3.49. The number of aromatic nitrogens is 1. The van der Waals surface area contributed by atoms with Crippen molar-refractivity contribution in [3.05, 3.63) is 47.7 Å². The molecule has 1 aromatic carbocycles. The molecular weight excluding hydrogens is 314 g/mol. The summed E-state index contributed by atoms with van der Waals surface area (Å²) in [5.74, 6) is 1.43. The summed E-state index contributed by atoms with van der Waals surface area (Å²) in [6, 6.07) is 10.2. The fourth-order valence-corrected chi connectivity index (χ4v) is 3.51. The third-order valence-corrected chi connectivity index (χ3v) is 4.92. The molecule has 5 nitrogen and oxygen atoms in total. The van der Waals surface area contributed by atoms with Crippen molar-refractivity contribution in [3.63, 3.8) is 0 Å². The van der Waals surface area contributed by atoms with Crippen LogP contribution in [0.15, 0.2) is 36.5 Å². The van der Waals surface area contributed by atoms with Crippen LogP contribution in [0.2, 0.25) is 0 Å². The molecule has 25 heavy (non-hydrogen) atoms. The van der Waals surface area contributed by atoms with E-state index in [0.29, 0.717) is 12.5 Å². The summed E-state index contributed by atoms with van der Waals surface area (Å²) in [5.41, 5.74) is 3.74. The minimum Gasteiger partial charge on any atom is -0.439 e. The van der Waals surface area contributed by atoms with Gasteiger partial charge in [0.05, 0.1) is 31.3 Å². The number of hydrogen-bond acceptors (Lipinski definition) is 5. The molecule has 3 heterocycles. The van der Waals surface area contributed by atoms with Gasteiger partial charge in [-0.05, 0) is 49.6 Å². The number of rotatable bonds is 4. The fraction of sp³-hybridized carbons (Fsp3) is 0.450. The predicted octanol–water partition coefficient (Wildman–Crippen LogP) is 4.00. The Morgan fingerprint density at radius 3 is 2.88 bits per heavy atom. The lowest BCUT2D eigenvalue weighted by molar-refractivity contribution is 0.0636. The molecule has 2 aliphatic heterocycles. The van der Waals surface area contributed by atoms with Crippen molar-refractivity contribution in [1.82, 2.24) is 10.3 Å². The number of fused-ring (bicyclic) bond motifs is 1. The second kappa shape index (κ2) is 6.32. The Hall–Kier alpha value is -2.11. The van der Waals surface area contributed by atoms with E-state index in [2.05, 4.69) is 54.2 Å². The second-order valence-corrected chi connectivity index (χ2v) is 7.44. The monoisotopic (exact) mass is 339 g/mol. The molecule has 5 heteroatoms. The maximum absolute atomic E-state index is 5.95. The molecule has 0 amide bonds. The van der Waals surface area contributed by atoms with Crippen molar-refractivity contribution in [2.24, 2.45) is 0 Å². The molecule has 0 radical (unpaired) electrons. The van der Waals surface area contributed by atoms with E-state index in [1.54, 1.807) is 0 Å². The van der Waals surface area contributed by atoms with E-state index in [-0.39, 0.29) is 11.6 Å². The van der Waals surface area contributed by atoms with E-state index >= 15 is 0 Å². The van der Waals surface area contributed by atoms with E-state index < -0.39 is 0 Å². The normalized spacial score (nSPS) is 21.4. The average Bonchev–Trinajstić information content (AvgIpc) is 3.18. The molecule has 1 N–H and O–H groups in total. The number of nitrogens with one attached hydrogen (secondary N) is 1. The molecule has 1 saturated heterocycles. The summed E-state index contributed by atoms with van der Waals surface area (Å²) in [6.45, 7) is 9.07. The van der Waals surface area contributed by atoms with Gasteiger partial charge in [0, 0.05) is 18.2 Å². The van der Waals surface area contributed by atoms with Crippen LogP contribution in [0, 0.1) is 0 Å². The molecule has 2 aromatic rings. The van der Waals surface area contributed by atoms with Crippen molar-refractivity contribution in [3.8, 4) is 11.6 Å². The van der Waals surface area contributed by atoms with Gasteiger partial charge in [0.25, 0.3) is 0 Å². The minimum absolute atomic E-state index is 0.136. The van der Waals surface area contributed by atoms with Gasteiger partial charge >= 0.3 is 0 Å². The zero-order valence-electron chi connectivity index (χ0n) is 15.1. The van der Waals surface area contributed by atoms with Crippen LogP contribution in [-0.2, 0) is 11.3 Å². The molecule has 4 rings (SSSR count). The quantitative estimate of drug-likeness (QED) is 0.912. The third-order valence-electron chi connectivity index (χ3n) is 4.92. The largest absolute Gasteiger partial charge is 0.439 e. The van der Waals surface area contributed by atoms with Gasteiger partial charge < -0.3 is 14.4 Å². The predicted molar refractivity (Wildman–Crippen MR) is 98.0 cm³/mol. The lowest BCUT2D eigenvalue weighted by Gasteiger charge is -2.20.